The molecular weight excluding hydrogens is 172 g/mol. The molecular formula is C8H12N2OS. The van der Waals surface area contributed by atoms with Crippen molar-refractivity contribution in [3.05, 3.63) is 16.6 Å². The number of hydrogen-bond acceptors (Lipinski definition) is 4. The summed E-state index contributed by atoms with van der Waals surface area (Å²) in [5.74, 6) is 0.240. The number of carbonyl (C=O) groups excluding carboxylic acids is 1. The highest BCUT2D eigenvalue weighted by atomic mass is 32.1. The topological polar surface area (TPSA) is 33.2 Å². The Kier molecular flexibility index (Phi) is 3.37. The molecule has 1 aromatic heterocycles. The van der Waals surface area contributed by atoms with Gasteiger partial charge in [-0.25, -0.2) is 0 Å². The molecule has 0 N–H and O–H groups in total. The van der Waals surface area contributed by atoms with Crippen LogP contribution in [-0.4, -0.2) is 36.3 Å². The van der Waals surface area contributed by atoms with Crippen molar-refractivity contribution in [1.29, 1.82) is 0 Å². The van der Waals surface area contributed by atoms with E-state index in [-0.39, 0.29) is 5.78 Å². The van der Waals surface area contributed by atoms with Crippen molar-refractivity contribution in [2.45, 2.75) is 6.42 Å². The summed E-state index contributed by atoms with van der Waals surface area (Å²) in [5.41, 5.74) is 1.75. The number of likely N-dealkylation sites (N-methyl/N-ethyl adjacent to an activating group) is 1. The minimum absolute atomic E-state index is 0.240. The van der Waals surface area contributed by atoms with Crippen molar-refractivity contribution in [2.24, 2.45) is 0 Å². The van der Waals surface area contributed by atoms with E-state index in [0.717, 1.165) is 4.88 Å². The van der Waals surface area contributed by atoms with E-state index < -0.39 is 0 Å². The number of nitrogens with zero attached hydrogens (tertiary/aromatic N) is 2. The average Bonchev–Trinajstić information content (AvgIpc) is 2.37. The van der Waals surface area contributed by atoms with Crippen LogP contribution >= 0.6 is 11.3 Å². The minimum atomic E-state index is 0.240. The molecule has 0 aromatic carbocycles. The first-order valence-electron chi connectivity index (χ1n) is 3.72. The first-order chi connectivity index (χ1) is 5.68. The summed E-state index contributed by atoms with van der Waals surface area (Å²) in [7, 11) is 3.79. The number of hydrogen-bond donors (Lipinski definition) is 0. The van der Waals surface area contributed by atoms with Gasteiger partial charge in [0.15, 0.2) is 5.78 Å². The van der Waals surface area contributed by atoms with Crippen LogP contribution in [0.25, 0.3) is 0 Å². The maximum Gasteiger partial charge on any atom is 0.152 e. The summed E-state index contributed by atoms with van der Waals surface area (Å²) in [6, 6.07) is 0. The van der Waals surface area contributed by atoms with Gasteiger partial charge in [0.1, 0.15) is 0 Å². The standard InChI is InChI=1S/C8H12N2OS/c1-10(2)5-7(11)3-8-4-9-6-12-8/h4,6H,3,5H2,1-2H3. The zero-order valence-corrected chi connectivity index (χ0v) is 8.10. The SMILES string of the molecule is CN(C)CC(=O)Cc1cncs1. The van der Waals surface area contributed by atoms with Crippen LogP contribution in [0.3, 0.4) is 0 Å². The molecule has 0 aliphatic rings. The minimum Gasteiger partial charge on any atom is -0.302 e. The molecule has 1 aromatic rings. The summed E-state index contributed by atoms with van der Waals surface area (Å²) in [6.45, 7) is 0.512. The van der Waals surface area contributed by atoms with Gasteiger partial charge in [0.05, 0.1) is 12.1 Å². The molecule has 0 aliphatic heterocycles. The fourth-order valence-electron chi connectivity index (χ4n) is 0.932. The molecule has 0 atom stereocenters. The van der Waals surface area contributed by atoms with E-state index in [1.807, 2.05) is 19.0 Å². The number of Topliss-reactive ketones (excluding diaryl/α,β-unsaturated/α-hetero) is 1. The zero-order chi connectivity index (χ0) is 8.97. The Hall–Kier alpha value is -0.740. The van der Waals surface area contributed by atoms with E-state index in [2.05, 4.69) is 4.98 Å². The smallest absolute Gasteiger partial charge is 0.152 e. The number of carbonyl (C=O) groups is 1. The van der Waals surface area contributed by atoms with Crippen LogP contribution in [0, 0.1) is 0 Å². The summed E-state index contributed by atoms with van der Waals surface area (Å²) < 4.78 is 0. The predicted octanol–water partition coefficient (Wildman–Crippen LogP) is 0.816. The molecule has 66 valence electrons. The molecule has 12 heavy (non-hydrogen) atoms. The van der Waals surface area contributed by atoms with Crippen molar-refractivity contribution in [1.82, 2.24) is 9.88 Å². The van der Waals surface area contributed by atoms with E-state index in [9.17, 15) is 4.79 Å². The van der Waals surface area contributed by atoms with Crippen LogP contribution in [0.2, 0.25) is 0 Å². The molecule has 0 bridgehead atoms. The molecule has 0 radical (unpaired) electrons. The van der Waals surface area contributed by atoms with Crippen molar-refractivity contribution < 1.29 is 4.79 Å². The average molecular weight is 184 g/mol. The first kappa shape index (κ1) is 9.35. The van der Waals surface area contributed by atoms with Crippen LogP contribution in [-0.2, 0) is 11.2 Å². The molecule has 0 fully saturated rings. The lowest BCUT2D eigenvalue weighted by Crippen LogP contribution is -2.22. The lowest BCUT2D eigenvalue weighted by Gasteiger charge is -2.06. The van der Waals surface area contributed by atoms with Crippen molar-refractivity contribution in [3.8, 4) is 0 Å². The molecule has 1 heterocycles. The van der Waals surface area contributed by atoms with Gasteiger partial charge in [0.25, 0.3) is 0 Å². The number of thiazole rings is 1. The van der Waals surface area contributed by atoms with Crippen LogP contribution in [0.4, 0.5) is 0 Å². The van der Waals surface area contributed by atoms with Gasteiger partial charge < -0.3 is 4.90 Å². The summed E-state index contributed by atoms with van der Waals surface area (Å²) in [5, 5.41) is 0. The second-order valence-corrected chi connectivity index (χ2v) is 3.89. The third-order valence-corrected chi connectivity index (χ3v) is 2.13. The lowest BCUT2D eigenvalue weighted by molar-refractivity contribution is -0.118. The molecule has 4 heteroatoms. The molecule has 0 saturated heterocycles. The third kappa shape index (κ3) is 3.11. The van der Waals surface area contributed by atoms with E-state index in [0.29, 0.717) is 13.0 Å². The highest BCUT2D eigenvalue weighted by Crippen LogP contribution is 2.06. The Morgan fingerprint density at radius 3 is 2.92 bits per heavy atom. The lowest BCUT2D eigenvalue weighted by atomic mass is 10.2. The summed E-state index contributed by atoms with van der Waals surface area (Å²) in [4.78, 5) is 18.1. The van der Waals surface area contributed by atoms with Gasteiger partial charge in [-0.1, -0.05) is 0 Å². The Bertz CT molecular complexity index is 244. The third-order valence-electron chi connectivity index (χ3n) is 1.35. The maximum absolute atomic E-state index is 11.3. The molecule has 0 aliphatic carbocycles. The van der Waals surface area contributed by atoms with E-state index in [1.54, 1.807) is 11.7 Å². The van der Waals surface area contributed by atoms with Gasteiger partial charge in [-0.2, -0.15) is 0 Å². The second kappa shape index (κ2) is 4.33. The maximum atomic E-state index is 11.3. The molecule has 0 saturated carbocycles. The fraction of sp³-hybridized carbons (Fsp3) is 0.500. The first-order valence-corrected chi connectivity index (χ1v) is 4.60. The van der Waals surface area contributed by atoms with Crippen LogP contribution in [0.15, 0.2) is 11.7 Å². The molecule has 0 amide bonds. The molecule has 0 unspecified atom stereocenters. The van der Waals surface area contributed by atoms with Crippen molar-refractivity contribution >= 4 is 17.1 Å². The number of rotatable bonds is 4. The van der Waals surface area contributed by atoms with E-state index in [1.165, 1.54) is 11.3 Å². The molecule has 1 rings (SSSR count). The summed E-state index contributed by atoms with van der Waals surface area (Å²) in [6.07, 6.45) is 2.26. The number of aromatic nitrogens is 1. The van der Waals surface area contributed by atoms with Crippen LogP contribution in [0.5, 0.6) is 0 Å². The Morgan fingerprint density at radius 1 is 1.67 bits per heavy atom. The number of ketones is 1. The largest absolute Gasteiger partial charge is 0.302 e. The predicted molar refractivity (Wildman–Crippen MR) is 49.4 cm³/mol. The highest BCUT2D eigenvalue weighted by molar-refractivity contribution is 7.09. The van der Waals surface area contributed by atoms with Gasteiger partial charge in [-0.05, 0) is 14.1 Å². The second-order valence-electron chi connectivity index (χ2n) is 2.92. The molecule has 3 nitrogen and oxygen atoms in total. The Balaban J connectivity index is 2.37. The monoisotopic (exact) mass is 184 g/mol. The quantitative estimate of drug-likeness (QED) is 0.694. The van der Waals surface area contributed by atoms with Crippen LogP contribution in [0.1, 0.15) is 4.88 Å². The Labute approximate surface area is 76.0 Å². The normalized spacial score (nSPS) is 10.6. The zero-order valence-electron chi connectivity index (χ0n) is 7.28. The van der Waals surface area contributed by atoms with Gasteiger partial charge in [0, 0.05) is 17.5 Å². The Morgan fingerprint density at radius 2 is 2.42 bits per heavy atom. The fourth-order valence-corrected chi connectivity index (χ4v) is 1.56. The van der Waals surface area contributed by atoms with Gasteiger partial charge in [0.2, 0.25) is 0 Å². The summed E-state index contributed by atoms with van der Waals surface area (Å²) >= 11 is 1.53. The van der Waals surface area contributed by atoms with Gasteiger partial charge in [-0.15, -0.1) is 11.3 Å². The van der Waals surface area contributed by atoms with Gasteiger partial charge >= 0.3 is 0 Å². The van der Waals surface area contributed by atoms with E-state index >= 15 is 0 Å². The van der Waals surface area contributed by atoms with E-state index in [4.69, 9.17) is 0 Å². The van der Waals surface area contributed by atoms with Crippen molar-refractivity contribution in [2.75, 3.05) is 20.6 Å². The van der Waals surface area contributed by atoms with Crippen molar-refractivity contribution in [3.63, 3.8) is 0 Å². The van der Waals surface area contributed by atoms with Crippen LogP contribution < -0.4 is 0 Å². The van der Waals surface area contributed by atoms with Gasteiger partial charge in [-0.3, -0.25) is 9.78 Å². The molecule has 0 spiro atoms. The highest BCUT2D eigenvalue weighted by Gasteiger charge is 2.05.